The maximum atomic E-state index is 12.4. The van der Waals surface area contributed by atoms with Gasteiger partial charge in [0.05, 0.1) is 6.20 Å². The van der Waals surface area contributed by atoms with Crippen molar-refractivity contribution >= 4 is 11.6 Å². The standard InChI is InChI=1S/C14H19N5O/c1-9-5-7-19-13(17-9)11(8-16-19)14(20)18-12-4-3-6-15-10(12)2/h5,7-8,10,12,15H,3-4,6H2,1-2H3,(H,18,20). The molecule has 3 heterocycles. The van der Waals surface area contributed by atoms with E-state index < -0.39 is 0 Å². The molecule has 1 aliphatic rings. The molecule has 0 saturated carbocycles. The first-order valence-electron chi connectivity index (χ1n) is 7.00. The summed E-state index contributed by atoms with van der Waals surface area (Å²) in [5.74, 6) is -0.0985. The van der Waals surface area contributed by atoms with Gasteiger partial charge < -0.3 is 10.6 Å². The number of hydrogen-bond donors (Lipinski definition) is 2. The molecule has 0 aliphatic carbocycles. The maximum Gasteiger partial charge on any atom is 0.257 e. The molecule has 6 nitrogen and oxygen atoms in total. The Morgan fingerprint density at radius 3 is 3.20 bits per heavy atom. The quantitative estimate of drug-likeness (QED) is 0.853. The van der Waals surface area contributed by atoms with Crippen LogP contribution in [-0.4, -0.2) is 39.1 Å². The van der Waals surface area contributed by atoms with Gasteiger partial charge in [0.1, 0.15) is 5.56 Å². The molecule has 2 aromatic heterocycles. The van der Waals surface area contributed by atoms with Crippen molar-refractivity contribution in [3.8, 4) is 0 Å². The summed E-state index contributed by atoms with van der Waals surface area (Å²) in [5, 5.41) is 10.6. The fourth-order valence-corrected chi connectivity index (χ4v) is 2.61. The van der Waals surface area contributed by atoms with Crippen LogP contribution in [0.4, 0.5) is 0 Å². The number of rotatable bonds is 2. The van der Waals surface area contributed by atoms with Crippen LogP contribution in [0.25, 0.3) is 5.65 Å². The summed E-state index contributed by atoms with van der Waals surface area (Å²) in [5.41, 5.74) is 2.02. The summed E-state index contributed by atoms with van der Waals surface area (Å²) >= 11 is 0. The van der Waals surface area contributed by atoms with Crippen molar-refractivity contribution < 1.29 is 4.79 Å². The van der Waals surface area contributed by atoms with Gasteiger partial charge in [-0.05, 0) is 39.3 Å². The van der Waals surface area contributed by atoms with Gasteiger partial charge in [-0.1, -0.05) is 0 Å². The highest BCUT2D eigenvalue weighted by Crippen LogP contribution is 2.12. The van der Waals surface area contributed by atoms with Crippen molar-refractivity contribution in [2.24, 2.45) is 0 Å². The third-order valence-corrected chi connectivity index (χ3v) is 3.83. The Hall–Kier alpha value is -1.95. The molecule has 1 amide bonds. The van der Waals surface area contributed by atoms with E-state index in [4.69, 9.17) is 0 Å². The second-order valence-electron chi connectivity index (χ2n) is 5.36. The predicted molar refractivity (Wildman–Crippen MR) is 75.7 cm³/mol. The minimum absolute atomic E-state index is 0.0985. The lowest BCUT2D eigenvalue weighted by molar-refractivity contribution is 0.0921. The van der Waals surface area contributed by atoms with Crippen LogP contribution in [0.15, 0.2) is 18.5 Å². The molecule has 106 valence electrons. The number of hydrogen-bond acceptors (Lipinski definition) is 4. The lowest BCUT2D eigenvalue weighted by atomic mass is 9.99. The largest absolute Gasteiger partial charge is 0.348 e. The summed E-state index contributed by atoms with van der Waals surface area (Å²) in [6.07, 6.45) is 5.49. The first kappa shape index (κ1) is 13.1. The van der Waals surface area contributed by atoms with Gasteiger partial charge in [-0.2, -0.15) is 5.10 Å². The normalized spacial score (nSPS) is 22.9. The summed E-state index contributed by atoms with van der Waals surface area (Å²) in [6.45, 7) is 5.02. The van der Waals surface area contributed by atoms with E-state index in [-0.39, 0.29) is 11.9 Å². The van der Waals surface area contributed by atoms with Crippen LogP contribution in [0.3, 0.4) is 0 Å². The smallest absolute Gasteiger partial charge is 0.257 e. The highest BCUT2D eigenvalue weighted by Gasteiger charge is 2.24. The summed E-state index contributed by atoms with van der Waals surface area (Å²) in [6, 6.07) is 2.33. The SMILES string of the molecule is Cc1ccn2ncc(C(=O)NC3CCCNC3C)c2n1. The molecule has 0 radical (unpaired) electrons. The third-order valence-electron chi connectivity index (χ3n) is 3.83. The molecule has 1 saturated heterocycles. The number of nitrogens with zero attached hydrogens (tertiary/aromatic N) is 3. The molecule has 2 aromatic rings. The first-order chi connectivity index (χ1) is 9.65. The minimum atomic E-state index is -0.0985. The van der Waals surface area contributed by atoms with Crippen LogP contribution in [0.2, 0.25) is 0 Å². The topological polar surface area (TPSA) is 71.3 Å². The number of amides is 1. The van der Waals surface area contributed by atoms with Crippen molar-refractivity contribution in [2.75, 3.05) is 6.54 Å². The molecule has 2 N–H and O–H groups in total. The van der Waals surface area contributed by atoms with E-state index >= 15 is 0 Å². The highest BCUT2D eigenvalue weighted by molar-refractivity contribution is 5.99. The van der Waals surface area contributed by atoms with Gasteiger partial charge in [0.2, 0.25) is 0 Å². The molecule has 2 unspecified atom stereocenters. The van der Waals surface area contributed by atoms with E-state index in [1.54, 1.807) is 10.7 Å². The van der Waals surface area contributed by atoms with Crippen LogP contribution in [-0.2, 0) is 0 Å². The summed E-state index contributed by atoms with van der Waals surface area (Å²) in [7, 11) is 0. The van der Waals surface area contributed by atoms with Crippen molar-refractivity contribution in [3.05, 3.63) is 29.7 Å². The summed E-state index contributed by atoms with van der Waals surface area (Å²) in [4.78, 5) is 16.8. The second-order valence-corrected chi connectivity index (χ2v) is 5.36. The van der Waals surface area contributed by atoms with Gasteiger partial charge >= 0.3 is 0 Å². The Morgan fingerprint density at radius 1 is 1.55 bits per heavy atom. The number of carbonyl (C=O) groups excluding carboxylic acids is 1. The molecule has 3 rings (SSSR count). The van der Waals surface area contributed by atoms with Gasteiger partial charge in [0, 0.05) is 24.0 Å². The van der Waals surface area contributed by atoms with E-state index in [0.717, 1.165) is 25.1 Å². The minimum Gasteiger partial charge on any atom is -0.348 e. The third kappa shape index (κ3) is 2.38. The second kappa shape index (κ2) is 5.20. The van der Waals surface area contributed by atoms with Gasteiger partial charge in [-0.3, -0.25) is 4.79 Å². The summed E-state index contributed by atoms with van der Waals surface area (Å²) < 4.78 is 1.63. The van der Waals surface area contributed by atoms with Gasteiger partial charge in [0.15, 0.2) is 5.65 Å². The van der Waals surface area contributed by atoms with Gasteiger partial charge in [-0.15, -0.1) is 0 Å². The predicted octanol–water partition coefficient (Wildman–Crippen LogP) is 0.908. The van der Waals surface area contributed by atoms with E-state index in [1.165, 1.54) is 0 Å². The van der Waals surface area contributed by atoms with Gasteiger partial charge in [-0.25, -0.2) is 9.50 Å². The number of aromatic nitrogens is 3. The lowest BCUT2D eigenvalue weighted by Gasteiger charge is -2.30. The van der Waals surface area contributed by atoms with Crippen molar-refractivity contribution in [1.29, 1.82) is 0 Å². The van der Waals surface area contributed by atoms with Crippen LogP contribution in [0, 0.1) is 6.92 Å². The fraction of sp³-hybridized carbons (Fsp3) is 0.500. The fourth-order valence-electron chi connectivity index (χ4n) is 2.61. The highest BCUT2D eigenvalue weighted by atomic mass is 16.1. The number of carbonyl (C=O) groups is 1. The Kier molecular flexibility index (Phi) is 3.40. The van der Waals surface area contributed by atoms with Crippen LogP contribution in [0.5, 0.6) is 0 Å². The Balaban J connectivity index is 1.83. The van der Waals surface area contributed by atoms with E-state index in [0.29, 0.717) is 17.3 Å². The van der Waals surface area contributed by atoms with E-state index in [9.17, 15) is 4.79 Å². The molecular formula is C14H19N5O. The zero-order valence-electron chi connectivity index (χ0n) is 11.8. The Bertz CT molecular complexity index is 636. The number of aryl methyl sites for hydroxylation is 1. The van der Waals surface area contributed by atoms with Crippen molar-refractivity contribution in [1.82, 2.24) is 25.2 Å². The molecule has 0 bridgehead atoms. The maximum absolute atomic E-state index is 12.4. The average molecular weight is 273 g/mol. The average Bonchev–Trinajstić information content (AvgIpc) is 2.84. The molecular weight excluding hydrogens is 254 g/mol. The van der Waals surface area contributed by atoms with Crippen LogP contribution < -0.4 is 10.6 Å². The molecule has 0 spiro atoms. The zero-order chi connectivity index (χ0) is 14.1. The molecule has 6 heteroatoms. The van der Waals surface area contributed by atoms with Gasteiger partial charge in [0.25, 0.3) is 5.91 Å². The number of fused-ring (bicyclic) bond motifs is 1. The van der Waals surface area contributed by atoms with E-state index in [2.05, 4.69) is 27.6 Å². The molecule has 0 aromatic carbocycles. The lowest BCUT2D eigenvalue weighted by Crippen LogP contribution is -2.51. The Morgan fingerprint density at radius 2 is 2.40 bits per heavy atom. The van der Waals surface area contributed by atoms with Crippen LogP contribution >= 0.6 is 0 Å². The van der Waals surface area contributed by atoms with E-state index in [1.807, 2.05) is 19.2 Å². The van der Waals surface area contributed by atoms with Crippen molar-refractivity contribution in [3.63, 3.8) is 0 Å². The number of piperidine rings is 1. The molecule has 20 heavy (non-hydrogen) atoms. The first-order valence-corrected chi connectivity index (χ1v) is 7.00. The Labute approximate surface area is 117 Å². The molecule has 2 atom stereocenters. The molecule has 1 aliphatic heterocycles. The van der Waals surface area contributed by atoms with Crippen LogP contribution in [0.1, 0.15) is 35.8 Å². The monoisotopic (exact) mass is 273 g/mol. The van der Waals surface area contributed by atoms with Crippen molar-refractivity contribution in [2.45, 2.75) is 38.8 Å². The zero-order valence-corrected chi connectivity index (χ0v) is 11.8. The number of nitrogens with one attached hydrogen (secondary N) is 2. The molecule has 1 fully saturated rings.